The number of rotatable bonds is 3. The van der Waals surface area contributed by atoms with Crippen LogP contribution in [0.15, 0.2) is 18.2 Å². The van der Waals surface area contributed by atoms with E-state index in [-0.39, 0.29) is 11.9 Å². The predicted octanol–water partition coefficient (Wildman–Crippen LogP) is 4.29. The molecule has 1 fully saturated rings. The summed E-state index contributed by atoms with van der Waals surface area (Å²) in [6.45, 7) is 2.22. The summed E-state index contributed by atoms with van der Waals surface area (Å²) >= 11 is 1.43. The van der Waals surface area contributed by atoms with E-state index >= 15 is 0 Å². The van der Waals surface area contributed by atoms with Crippen molar-refractivity contribution < 1.29 is 4.39 Å². The van der Waals surface area contributed by atoms with Gasteiger partial charge in [0.2, 0.25) is 5.13 Å². The summed E-state index contributed by atoms with van der Waals surface area (Å²) in [6.07, 6.45) is 4.25. The van der Waals surface area contributed by atoms with Crippen LogP contribution in [0.25, 0.3) is 0 Å². The molecule has 1 N–H and O–H groups in total. The van der Waals surface area contributed by atoms with E-state index in [9.17, 15) is 4.39 Å². The van der Waals surface area contributed by atoms with Crippen LogP contribution in [0.1, 0.15) is 55.1 Å². The van der Waals surface area contributed by atoms with E-state index in [2.05, 4.69) is 21.6 Å². The van der Waals surface area contributed by atoms with Crippen molar-refractivity contribution >= 4 is 16.7 Å². The van der Waals surface area contributed by atoms with Crippen molar-refractivity contribution in [3.63, 3.8) is 0 Å². The first-order valence-electron chi connectivity index (χ1n) is 7.60. The third-order valence-electron chi connectivity index (χ3n) is 4.57. The lowest BCUT2D eigenvalue weighted by molar-refractivity contribution is 0.423. The molecule has 2 unspecified atom stereocenters. The molecule has 0 amide bonds. The van der Waals surface area contributed by atoms with Gasteiger partial charge in [-0.05, 0) is 48.8 Å². The molecular formula is C16H18FN3S. The van der Waals surface area contributed by atoms with Crippen molar-refractivity contribution in [1.82, 2.24) is 9.36 Å². The second-order valence-electron chi connectivity index (χ2n) is 6.18. The summed E-state index contributed by atoms with van der Waals surface area (Å²) in [4.78, 5) is 4.60. The zero-order valence-electron chi connectivity index (χ0n) is 12.0. The van der Waals surface area contributed by atoms with E-state index in [1.807, 2.05) is 6.07 Å². The van der Waals surface area contributed by atoms with Gasteiger partial charge in [0, 0.05) is 17.5 Å². The predicted molar refractivity (Wildman–Crippen MR) is 82.1 cm³/mol. The topological polar surface area (TPSA) is 37.8 Å². The second-order valence-corrected chi connectivity index (χ2v) is 6.93. The highest BCUT2D eigenvalue weighted by Gasteiger charge is 2.31. The Hall–Kier alpha value is -1.49. The van der Waals surface area contributed by atoms with Gasteiger partial charge in [-0.2, -0.15) is 4.37 Å². The Kier molecular flexibility index (Phi) is 3.17. The Morgan fingerprint density at radius 1 is 1.29 bits per heavy atom. The Labute approximate surface area is 127 Å². The average molecular weight is 303 g/mol. The molecule has 0 saturated heterocycles. The number of nitrogens with one attached hydrogen (secondary N) is 1. The SMILES string of the molecule is CC1CCc2c(F)cccc2C1Nc1nc(C2CC2)ns1. The lowest BCUT2D eigenvalue weighted by Crippen LogP contribution is -2.25. The molecule has 1 aromatic heterocycles. The van der Waals surface area contributed by atoms with Crippen LogP contribution in [0.5, 0.6) is 0 Å². The molecule has 110 valence electrons. The highest BCUT2D eigenvalue weighted by Crippen LogP contribution is 2.41. The molecule has 1 saturated carbocycles. The standard InChI is InChI=1S/C16H18FN3S/c1-9-5-8-11-12(3-2-4-13(11)17)14(9)18-16-19-15(20-21-16)10-6-7-10/h2-4,9-10,14H,5-8H2,1H3,(H,18,19,20). The molecule has 1 heterocycles. The van der Waals surface area contributed by atoms with Gasteiger partial charge in [0.15, 0.2) is 0 Å². The maximum absolute atomic E-state index is 14.0. The van der Waals surface area contributed by atoms with Crippen LogP contribution >= 0.6 is 11.5 Å². The van der Waals surface area contributed by atoms with Gasteiger partial charge in [-0.1, -0.05) is 19.1 Å². The number of hydrogen-bond donors (Lipinski definition) is 1. The number of fused-ring (bicyclic) bond motifs is 1. The minimum absolute atomic E-state index is 0.0814. The van der Waals surface area contributed by atoms with Crippen molar-refractivity contribution in [2.45, 2.75) is 44.6 Å². The number of halogens is 1. The van der Waals surface area contributed by atoms with Crippen LogP contribution < -0.4 is 5.32 Å². The molecule has 0 bridgehead atoms. The molecule has 2 aromatic rings. The van der Waals surface area contributed by atoms with Crippen molar-refractivity contribution in [1.29, 1.82) is 0 Å². The minimum atomic E-state index is -0.0814. The second kappa shape index (κ2) is 5.05. The van der Waals surface area contributed by atoms with Gasteiger partial charge in [-0.3, -0.25) is 0 Å². The lowest BCUT2D eigenvalue weighted by Gasteiger charge is -2.32. The number of anilines is 1. The first-order valence-corrected chi connectivity index (χ1v) is 8.37. The molecule has 2 aliphatic rings. The third kappa shape index (κ3) is 2.44. The Morgan fingerprint density at radius 2 is 2.14 bits per heavy atom. The molecule has 0 radical (unpaired) electrons. The zero-order valence-corrected chi connectivity index (χ0v) is 12.8. The number of nitrogens with zero attached hydrogens (tertiary/aromatic N) is 2. The van der Waals surface area contributed by atoms with Gasteiger partial charge in [-0.25, -0.2) is 9.37 Å². The van der Waals surface area contributed by atoms with Gasteiger partial charge in [0.05, 0.1) is 6.04 Å². The van der Waals surface area contributed by atoms with Crippen LogP contribution in [0, 0.1) is 11.7 Å². The summed E-state index contributed by atoms with van der Waals surface area (Å²) < 4.78 is 18.4. The summed E-state index contributed by atoms with van der Waals surface area (Å²) in [5.74, 6) is 1.94. The van der Waals surface area contributed by atoms with Gasteiger partial charge in [-0.15, -0.1) is 0 Å². The van der Waals surface area contributed by atoms with E-state index in [1.165, 1.54) is 24.4 Å². The van der Waals surface area contributed by atoms with Crippen molar-refractivity contribution in [3.8, 4) is 0 Å². The molecule has 3 nitrogen and oxygen atoms in total. The fraction of sp³-hybridized carbons (Fsp3) is 0.500. The maximum Gasteiger partial charge on any atom is 0.203 e. The third-order valence-corrected chi connectivity index (χ3v) is 5.23. The summed E-state index contributed by atoms with van der Waals surface area (Å²) in [7, 11) is 0. The molecular weight excluding hydrogens is 285 g/mol. The molecule has 1 aromatic carbocycles. The minimum Gasteiger partial charge on any atom is -0.353 e. The Bertz CT molecular complexity index is 665. The molecule has 4 rings (SSSR count). The van der Waals surface area contributed by atoms with E-state index in [0.29, 0.717) is 11.8 Å². The first-order chi connectivity index (χ1) is 10.2. The first kappa shape index (κ1) is 13.2. The zero-order chi connectivity index (χ0) is 14.4. The molecule has 0 spiro atoms. The highest BCUT2D eigenvalue weighted by molar-refractivity contribution is 7.09. The molecule has 0 aliphatic heterocycles. The molecule has 21 heavy (non-hydrogen) atoms. The van der Waals surface area contributed by atoms with Crippen LogP contribution in [0.2, 0.25) is 0 Å². The van der Waals surface area contributed by atoms with Crippen molar-refractivity contribution in [2.24, 2.45) is 5.92 Å². The summed E-state index contributed by atoms with van der Waals surface area (Å²) in [5, 5.41) is 4.36. The Balaban J connectivity index is 1.62. The smallest absolute Gasteiger partial charge is 0.203 e. The largest absolute Gasteiger partial charge is 0.353 e. The van der Waals surface area contributed by atoms with Crippen molar-refractivity contribution in [3.05, 3.63) is 41.0 Å². The van der Waals surface area contributed by atoms with E-state index < -0.39 is 0 Å². The number of aromatic nitrogens is 2. The fourth-order valence-electron chi connectivity index (χ4n) is 3.13. The van der Waals surface area contributed by atoms with Crippen molar-refractivity contribution in [2.75, 3.05) is 5.32 Å². The van der Waals surface area contributed by atoms with Gasteiger partial charge >= 0.3 is 0 Å². The lowest BCUT2D eigenvalue weighted by atomic mass is 9.80. The normalized spacial score (nSPS) is 24.7. The monoisotopic (exact) mass is 303 g/mol. The molecule has 2 atom stereocenters. The summed E-state index contributed by atoms with van der Waals surface area (Å²) in [6, 6.07) is 5.53. The Morgan fingerprint density at radius 3 is 2.95 bits per heavy atom. The van der Waals surface area contributed by atoms with Crippen LogP contribution in [0.4, 0.5) is 9.52 Å². The van der Waals surface area contributed by atoms with Gasteiger partial charge in [0.1, 0.15) is 11.6 Å². The molecule has 2 aliphatic carbocycles. The summed E-state index contributed by atoms with van der Waals surface area (Å²) in [5.41, 5.74) is 1.94. The van der Waals surface area contributed by atoms with Crippen LogP contribution in [0.3, 0.4) is 0 Å². The van der Waals surface area contributed by atoms with E-state index in [0.717, 1.165) is 34.9 Å². The van der Waals surface area contributed by atoms with E-state index in [1.54, 1.807) is 12.1 Å². The highest BCUT2D eigenvalue weighted by atomic mass is 32.1. The van der Waals surface area contributed by atoms with Crippen LogP contribution in [-0.2, 0) is 6.42 Å². The van der Waals surface area contributed by atoms with E-state index in [4.69, 9.17) is 0 Å². The maximum atomic E-state index is 14.0. The fourth-order valence-corrected chi connectivity index (χ4v) is 3.81. The molecule has 5 heteroatoms. The van der Waals surface area contributed by atoms with Gasteiger partial charge < -0.3 is 5.32 Å². The van der Waals surface area contributed by atoms with Gasteiger partial charge in [0.25, 0.3) is 0 Å². The van der Waals surface area contributed by atoms with Crippen LogP contribution in [-0.4, -0.2) is 9.36 Å². The number of benzene rings is 1. The average Bonchev–Trinajstić information content (AvgIpc) is 3.22. The quantitative estimate of drug-likeness (QED) is 0.919. The number of hydrogen-bond acceptors (Lipinski definition) is 4.